The van der Waals surface area contributed by atoms with Crippen molar-refractivity contribution in [3.05, 3.63) is 34.3 Å². The topological polar surface area (TPSA) is 15.3 Å². The summed E-state index contributed by atoms with van der Waals surface area (Å²) in [5.41, 5.74) is 2.61. The van der Waals surface area contributed by atoms with Gasteiger partial charge in [0.05, 0.1) is 0 Å². The van der Waals surface area contributed by atoms with Crippen LogP contribution in [0.4, 0.5) is 0 Å². The van der Waals surface area contributed by atoms with Gasteiger partial charge in [0.15, 0.2) is 0 Å². The van der Waals surface area contributed by atoms with Crippen LogP contribution >= 0.6 is 36.4 Å². The Balaban J connectivity index is 0.00000132. The van der Waals surface area contributed by atoms with Crippen LogP contribution in [0.25, 0.3) is 0 Å². The standard InChI is InChI=1S/C18H27ClN2.2ClH/c1-14-7-8-16(13-17(14)19)18(15-5-3-2-4-6-15)21-11-9-20-10-12-21;;/h7-8,13,15,18,20H,2-6,9-12H2,1H3;2*1H/t18-;;/m0../s1. The zero-order valence-corrected chi connectivity index (χ0v) is 16.3. The van der Waals surface area contributed by atoms with Gasteiger partial charge in [-0.05, 0) is 42.9 Å². The van der Waals surface area contributed by atoms with Crippen molar-refractivity contribution in [3.63, 3.8) is 0 Å². The molecule has 1 N–H and O–H groups in total. The number of hydrogen-bond acceptors (Lipinski definition) is 2. The monoisotopic (exact) mass is 378 g/mol. The molecule has 1 saturated carbocycles. The molecule has 1 aromatic rings. The van der Waals surface area contributed by atoms with Gasteiger partial charge in [-0.15, -0.1) is 24.8 Å². The van der Waals surface area contributed by atoms with Gasteiger partial charge in [0.2, 0.25) is 0 Å². The van der Waals surface area contributed by atoms with E-state index in [0.717, 1.165) is 37.1 Å². The molecule has 2 fully saturated rings. The molecule has 1 aliphatic heterocycles. The second kappa shape index (κ2) is 10.1. The highest BCUT2D eigenvalue weighted by Crippen LogP contribution is 2.39. The van der Waals surface area contributed by atoms with Crippen LogP contribution in [0.3, 0.4) is 0 Å². The van der Waals surface area contributed by atoms with Gasteiger partial charge >= 0.3 is 0 Å². The first-order valence-corrected chi connectivity index (χ1v) is 8.84. The zero-order valence-electron chi connectivity index (χ0n) is 13.9. The number of hydrogen-bond donors (Lipinski definition) is 1. The Kier molecular flexibility index (Phi) is 9.25. The minimum absolute atomic E-state index is 0. The Labute approximate surface area is 158 Å². The van der Waals surface area contributed by atoms with Crippen LogP contribution in [0.1, 0.15) is 49.3 Å². The molecule has 2 aliphatic rings. The summed E-state index contributed by atoms with van der Waals surface area (Å²) in [6.07, 6.45) is 6.96. The highest BCUT2D eigenvalue weighted by atomic mass is 35.5. The van der Waals surface area contributed by atoms with Crippen molar-refractivity contribution in [2.24, 2.45) is 5.92 Å². The summed E-state index contributed by atoms with van der Waals surface area (Å²) in [5.74, 6) is 0.802. The highest BCUT2D eigenvalue weighted by molar-refractivity contribution is 6.31. The van der Waals surface area contributed by atoms with Gasteiger partial charge in [-0.3, -0.25) is 4.90 Å². The van der Waals surface area contributed by atoms with Gasteiger partial charge < -0.3 is 5.32 Å². The van der Waals surface area contributed by atoms with E-state index in [1.807, 2.05) is 0 Å². The summed E-state index contributed by atoms with van der Waals surface area (Å²) in [6.45, 7) is 6.64. The quantitative estimate of drug-likeness (QED) is 0.793. The molecule has 1 aliphatic carbocycles. The molecule has 0 unspecified atom stereocenters. The molecule has 0 spiro atoms. The second-order valence-electron chi connectivity index (χ2n) is 6.64. The molecule has 2 nitrogen and oxygen atoms in total. The van der Waals surface area contributed by atoms with Crippen LogP contribution < -0.4 is 5.32 Å². The van der Waals surface area contributed by atoms with E-state index in [4.69, 9.17) is 11.6 Å². The molecule has 0 radical (unpaired) electrons. The van der Waals surface area contributed by atoms with E-state index in [2.05, 4.69) is 35.3 Å². The van der Waals surface area contributed by atoms with Crippen molar-refractivity contribution >= 4 is 36.4 Å². The van der Waals surface area contributed by atoms with Crippen LogP contribution in [0.5, 0.6) is 0 Å². The molecule has 5 heteroatoms. The maximum Gasteiger partial charge on any atom is 0.0438 e. The Morgan fingerprint density at radius 3 is 2.35 bits per heavy atom. The van der Waals surface area contributed by atoms with E-state index in [0.29, 0.717) is 6.04 Å². The van der Waals surface area contributed by atoms with Crippen molar-refractivity contribution < 1.29 is 0 Å². The molecule has 0 aromatic heterocycles. The van der Waals surface area contributed by atoms with Crippen molar-refractivity contribution in [2.75, 3.05) is 26.2 Å². The summed E-state index contributed by atoms with van der Waals surface area (Å²) >= 11 is 6.40. The van der Waals surface area contributed by atoms with Gasteiger partial charge in [-0.25, -0.2) is 0 Å². The summed E-state index contributed by atoms with van der Waals surface area (Å²) in [5, 5.41) is 4.40. The van der Waals surface area contributed by atoms with Crippen LogP contribution in [0.15, 0.2) is 18.2 Å². The van der Waals surface area contributed by atoms with Gasteiger partial charge in [0, 0.05) is 37.2 Å². The maximum absolute atomic E-state index is 6.40. The van der Waals surface area contributed by atoms with Crippen LogP contribution in [-0.2, 0) is 0 Å². The number of rotatable bonds is 3. The van der Waals surface area contributed by atoms with Crippen molar-refractivity contribution in [2.45, 2.75) is 45.1 Å². The van der Waals surface area contributed by atoms with Gasteiger partial charge in [-0.2, -0.15) is 0 Å². The molecule has 1 atom stereocenters. The smallest absolute Gasteiger partial charge is 0.0438 e. The number of nitrogens with one attached hydrogen (secondary N) is 1. The molecular weight excluding hydrogens is 351 g/mol. The average molecular weight is 380 g/mol. The second-order valence-corrected chi connectivity index (χ2v) is 7.04. The fourth-order valence-corrected chi connectivity index (χ4v) is 4.17. The first-order chi connectivity index (χ1) is 10.3. The predicted molar refractivity (Wildman–Crippen MR) is 104 cm³/mol. The number of nitrogens with zero attached hydrogens (tertiary/aromatic N) is 1. The van der Waals surface area contributed by atoms with E-state index in [-0.39, 0.29) is 24.8 Å². The molecule has 23 heavy (non-hydrogen) atoms. The predicted octanol–water partition coefficient (Wildman–Crippen LogP) is 5.02. The molecule has 1 saturated heterocycles. The fourth-order valence-electron chi connectivity index (χ4n) is 3.98. The number of halogens is 3. The van der Waals surface area contributed by atoms with E-state index in [9.17, 15) is 0 Å². The summed E-state index contributed by atoms with van der Waals surface area (Å²) in [6, 6.07) is 7.28. The fraction of sp³-hybridized carbons (Fsp3) is 0.667. The van der Waals surface area contributed by atoms with Crippen molar-refractivity contribution in [3.8, 4) is 0 Å². The molecule has 1 aromatic carbocycles. The minimum Gasteiger partial charge on any atom is -0.314 e. The van der Waals surface area contributed by atoms with E-state index >= 15 is 0 Å². The first kappa shape index (κ1) is 21.1. The largest absolute Gasteiger partial charge is 0.314 e. The SMILES string of the molecule is Cc1ccc([C@H](C2CCCCC2)N2CCNCC2)cc1Cl.Cl.Cl. The summed E-state index contributed by atoms with van der Waals surface area (Å²) in [4.78, 5) is 2.69. The van der Waals surface area contributed by atoms with Crippen molar-refractivity contribution in [1.29, 1.82) is 0 Å². The van der Waals surface area contributed by atoms with E-state index < -0.39 is 0 Å². The Morgan fingerprint density at radius 1 is 1.09 bits per heavy atom. The summed E-state index contributed by atoms with van der Waals surface area (Å²) < 4.78 is 0. The Morgan fingerprint density at radius 2 is 1.74 bits per heavy atom. The van der Waals surface area contributed by atoms with Crippen LogP contribution in [-0.4, -0.2) is 31.1 Å². The molecule has 0 amide bonds. The number of aryl methyl sites for hydroxylation is 1. The van der Waals surface area contributed by atoms with E-state index in [1.54, 1.807) is 0 Å². The van der Waals surface area contributed by atoms with Crippen molar-refractivity contribution in [1.82, 2.24) is 10.2 Å². The normalized spacial score (nSPS) is 21.1. The average Bonchev–Trinajstić information content (AvgIpc) is 2.53. The van der Waals surface area contributed by atoms with E-state index in [1.165, 1.54) is 43.2 Å². The van der Waals surface area contributed by atoms with Gasteiger partial charge in [-0.1, -0.05) is 43.0 Å². The lowest BCUT2D eigenvalue weighted by Crippen LogP contribution is -2.47. The highest BCUT2D eigenvalue weighted by Gasteiger charge is 2.31. The number of benzene rings is 1. The molecule has 1 heterocycles. The molecule has 3 rings (SSSR count). The Hall–Kier alpha value is 0.01000. The molecular formula is C18H29Cl3N2. The van der Waals surface area contributed by atoms with Crippen LogP contribution in [0.2, 0.25) is 5.02 Å². The minimum atomic E-state index is 0. The maximum atomic E-state index is 6.40. The van der Waals surface area contributed by atoms with Gasteiger partial charge in [0.1, 0.15) is 0 Å². The lowest BCUT2D eigenvalue weighted by atomic mass is 9.80. The lowest BCUT2D eigenvalue weighted by Gasteiger charge is -2.41. The first-order valence-electron chi connectivity index (χ1n) is 8.46. The molecule has 132 valence electrons. The third kappa shape index (κ3) is 5.24. The molecule has 0 bridgehead atoms. The Bertz CT molecular complexity index is 451. The summed E-state index contributed by atoms with van der Waals surface area (Å²) in [7, 11) is 0. The van der Waals surface area contributed by atoms with Crippen LogP contribution in [0, 0.1) is 12.8 Å². The third-order valence-corrected chi connectivity index (χ3v) is 5.59. The number of piperazine rings is 1. The van der Waals surface area contributed by atoms with Gasteiger partial charge in [0.25, 0.3) is 0 Å². The zero-order chi connectivity index (χ0) is 14.7. The lowest BCUT2D eigenvalue weighted by molar-refractivity contribution is 0.103. The third-order valence-electron chi connectivity index (χ3n) is 5.18.